The van der Waals surface area contributed by atoms with E-state index in [-0.39, 0.29) is 11.2 Å². The van der Waals surface area contributed by atoms with Crippen molar-refractivity contribution in [2.45, 2.75) is 24.7 Å². The van der Waals surface area contributed by atoms with Crippen LogP contribution in [0.5, 0.6) is 0 Å². The van der Waals surface area contributed by atoms with Crippen molar-refractivity contribution < 1.29 is 9.13 Å². The van der Waals surface area contributed by atoms with Gasteiger partial charge in [-0.15, -0.1) is 0 Å². The van der Waals surface area contributed by atoms with Crippen molar-refractivity contribution in [3.8, 4) is 0 Å². The van der Waals surface area contributed by atoms with E-state index in [0.29, 0.717) is 24.5 Å². The van der Waals surface area contributed by atoms with Crippen LogP contribution in [0, 0.1) is 5.82 Å². The van der Waals surface area contributed by atoms with Crippen molar-refractivity contribution >= 4 is 17.6 Å². The fraction of sp³-hybridized carbons (Fsp3) is 0.409. The Kier molecular flexibility index (Phi) is 7.29. The molecule has 2 N–H and O–H groups in total. The molecular formula is C22H27ClFN3O. The van der Waals surface area contributed by atoms with Gasteiger partial charge in [-0.25, -0.2) is 4.39 Å². The first-order valence-corrected chi connectivity index (χ1v) is 10.0. The van der Waals surface area contributed by atoms with Gasteiger partial charge in [-0.05, 0) is 48.6 Å². The zero-order valence-corrected chi connectivity index (χ0v) is 16.9. The van der Waals surface area contributed by atoms with E-state index >= 15 is 0 Å². The summed E-state index contributed by atoms with van der Waals surface area (Å²) in [7, 11) is 1.74. The highest BCUT2D eigenvalue weighted by Gasteiger charge is 2.34. The Labute approximate surface area is 171 Å². The molecule has 0 aromatic heterocycles. The molecule has 6 heteroatoms. The van der Waals surface area contributed by atoms with Gasteiger partial charge in [0.25, 0.3) is 0 Å². The molecule has 28 heavy (non-hydrogen) atoms. The first-order chi connectivity index (χ1) is 13.6. The average Bonchev–Trinajstić information content (AvgIpc) is 2.72. The maximum atomic E-state index is 13.8. The molecule has 0 saturated carbocycles. The van der Waals surface area contributed by atoms with E-state index in [1.54, 1.807) is 13.1 Å². The number of halogens is 2. The minimum Gasteiger partial charge on any atom is -0.381 e. The summed E-state index contributed by atoms with van der Waals surface area (Å²) in [6.45, 7) is 2.80. The SMILES string of the molecule is CN=C(NCCc1ccccc1F)NCC1(c2cccc(Cl)c2)CCOCC1. The minimum absolute atomic E-state index is 0.0493. The molecule has 0 radical (unpaired) electrons. The lowest BCUT2D eigenvalue weighted by Gasteiger charge is -2.38. The number of nitrogens with zero attached hydrogens (tertiary/aromatic N) is 1. The summed E-state index contributed by atoms with van der Waals surface area (Å²) >= 11 is 6.24. The topological polar surface area (TPSA) is 45.7 Å². The number of benzene rings is 2. The number of hydrogen-bond donors (Lipinski definition) is 2. The molecule has 1 fully saturated rings. The average molecular weight is 404 g/mol. The van der Waals surface area contributed by atoms with Crippen molar-refractivity contribution in [2.24, 2.45) is 4.99 Å². The second-order valence-corrected chi connectivity index (χ2v) is 7.53. The fourth-order valence-corrected chi connectivity index (χ4v) is 3.83. The number of aliphatic imine (C=N–C) groups is 1. The van der Waals surface area contributed by atoms with Gasteiger partial charge < -0.3 is 15.4 Å². The lowest BCUT2D eigenvalue weighted by atomic mass is 9.74. The standard InChI is InChI=1S/C22H27ClFN3O/c1-25-21(26-12-9-17-5-2-3-8-20(17)24)27-16-22(10-13-28-14-11-22)18-6-4-7-19(23)15-18/h2-8,15H,9-14,16H2,1H3,(H2,25,26,27). The number of rotatable bonds is 6. The van der Waals surface area contributed by atoms with Crippen LogP contribution < -0.4 is 10.6 Å². The normalized spacial score (nSPS) is 16.6. The molecule has 1 aliphatic heterocycles. The summed E-state index contributed by atoms with van der Waals surface area (Å²) < 4.78 is 19.4. The maximum absolute atomic E-state index is 13.8. The van der Waals surface area contributed by atoms with Crippen LogP contribution in [0.4, 0.5) is 4.39 Å². The van der Waals surface area contributed by atoms with Crippen LogP contribution >= 0.6 is 11.6 Å². The molecule has 2 aromatic carbocycles. The molecule has 1 aliphatic rings. The highest BCUT2D eigenvalue weighted by molar-refractivity contribution is 6.30. The molecule has 0 aliphatic carbocycles. The van der Waals surface area contributed by atoms with E-state index in [1.165, 1.54) is 11.6 Å². The minimum atomic E-state index is -0.172. The Morgan fingerprint density at radius 3 is 2.64 bits per heavy atom. The van der Waals surface area contributed by atoms with Gasteiger partial charge in [0.1, 0.15) is 5.82 Å². The van der Waals surface area contributed by atoms with E-state index < -0.39 is 0 Å². The molecule has 0 bridgehead atoms. The van der Waals surface area contributed by atoms with Gasteiger partial charge >= 0.3 is 0 Å². The van der Waals surface area contributed by atoms with Crippen LogP contribution in [0.25, 0.3) is 0 Å². The summed E-state index contributed by atoms with van der Waals surface area (Å²) in [6, 6.07) is 14.9. The Morgan fingerprint density at radius 2 is 1.93 bits per heavy atom. The zero-order valence-electron chi connectivity index (χ0n) is 16.2. The molecule has 1 heterocycles. The van der Waals surface area contributed by atoms with Gasteiger partial charge in [0.05, 0.1) is 0 Å². The lowest BCUT2D eigenvalue weighted by Crippen LogP contribution is -2.48. The summed E-state index contributed by atoms with van der Waals surface area (Å²) in [5.41, 5.74) is 1.87. The monoisotopic (exact) mass is 403 g/mol. The summed E-state index contributed by atoms with van der Waals surface area (Å²) in [5, 5.41) is 7.47. The van der Waals surface area contributed by atoms with Gasteiger partial charge in [-0.3, -0.25) is 4.99 Å². The molecule has 0 amide bonds. The summed E-state index contributed by atoms with van der Waals surface area (Å²) in [6.07, 6.45) is 2.44. The maximum Gasteiger partial charge on any atom is 0.191 e. The summed E-state index contributed by atoms with van der Waals surface area (Å²) in [4.78, 5) is 4.31. The van der Waals surface area contributed by atoms with Crippen molar-refractivity contribution in [1.82, 2.24) is 10.6 Å². The van der Waals surface area contributed by atoms with E-state index in [4.69, 9.17) is 16.3 Å². The number of ether oxygens (including phenoxy) is 1. The largest absolute Gasteiger partial charge is 0.381 e. The Bertz CT molecular complexity index is 806. The van der Waals surface area contributed by atoms with E-state index in [2.05, 4.69) is 21.7 Å². The van der Waals surface area contributed by atoms with Crippen LogP contribution in [0.3, 0.4) is 0 Å². The van der Waals surface area contributed by atoms with Crippen molar-refractivity contribution in [3.63, 3.8) is 0 Å². The number of guanidine groups is 1. The highest BCUT2D eigenvalue weighted by Crippen LogP contribution is 2.35. The van der Waals surface area contributed by atoms with E-state index in [1.807, 2.05) is 30.3 Å². The first kappa shape index (κ1) is 20.6. The molecule has 4 nitrogen and oxygen atoms in total. The third-order valence-corrected chi connectivity index (χ3v) is 5.58. The Morgan fingerprint density at radius 1 is 1.14 bits per heavy atom. The molecule has 150 valence electrons. The molecule has 0 unspecified atom stereocenters. The van der Waals surface area contributed by atoms with Crippen molar-refractivity contribution in [1.29, 1.82) is 0 Å². The van der Waals surface area contributed by atoms with Crippen LogP contribution in [-0.4, -0.2) is 39.3 Å². The second-order valence-electron chi connectivity index (χ2n) is 7.10. The van der Waals surface area contributed by atoms with Crippen LogP contribution in [0.1, 0.15) is 24.0 Å². The quantitative estimate of drug-likeness (QED) is 0.567. The lowest BCUT2D eigenvalue weighted by molar-refractivity contribution is 0.0514. The molecule has 2 aromatic rings. The third-order valence-electron chi connectivity index (χ3n) is 5.35. The van der Waals surface area contributed by atoms with Crippen LogP contribution in [0.15, 0.2) is 53.5 Å². The molecule has 3 rings (SSSR count). The van der Waals surface area contributed by atoms with Gasteiger partial charge in [-0.1, -0.05) is 41.9 Å². The number of hydrogen-bond acceptors (Lipinski definition) is 2. The fourth-order valence-electron chi connectivity index (χ4n) is 3.64. The smallest absolute Gasteiger partial charge is 0.191 e. The highest BCUT2D eigenvalue weighted by atomic mass is 35.5. The van der Waals surface area contributed by atoms with Gasteiger partial charge in [0.15, 0.2) is 5.96 Å². The van der Waals surface area contributed by atoms with E-state index in [0.717, 1.165) is 37.6 Å². The third kappa shape index (κ3) is 5.24. The molecule has 0 atom stereocenters. The van der Waals surface area contributed by atoms with Gasteiger partial charge in [-0.2, -0.15) is 0 Å². The summed E-state index contributed by atoms with van der Waals surface area (Å²) in [5.74, 6) is 0.540. The van der Waals surface area contributed by atoms with E-state index in [9.17, 15) is 4.39 Å². The molecule has 1 saturated heterocycles. The van der Waals surface area contributed by atoms with Crippen LogP contribution in [0.2, 0.25) is 5.02 Å². The predicted molar refractivity (Wildman–Crippen MR) is 113 cm³/mol. The van der Waals surface area contributed by atoms with Gasteiger partial charge in [0, 0.05) is 43.8 Å². The van der Waals surface area contributed by atoms with Crippen molar-refractivity contribution in [3.05, 3.63) is 70.5 Å². The van der Waals surface area contributed by atoms with Gasteiger partial charge in [0.2, 0.25) is 0 Å². The Hall–Kier alpha value is -2.11. The first-order valence-electron chi connectivity index (χ1n) is 9.65. The molecule has 0 spiro atoms. The van der Waals surface area contributed by atoms with Crippen LogP contribution in [-0.2, 0) is 16.6 Å². The van der Waals surface area contributed by atoms with Crippen molar-refractivity contribution in [2.75, 3.05) is 33.4 Å². The zero-order chi connectivity index (χ0) is 19.8. The number of nitrogens with one attached hydrogen (secondary N) is 2. The predicted octanol–water partition coefficient (Wildman–Crippen LogP) is 3.94. The molecular weight excluding hydrogens is 377 g/mol. The Balaban J connectivity index is 1.61. The second kappa shape index (κ2) is 9.89.